The summed E-state index contributed by atoms with van der Waals surface area (Å²) in [5, 5.41) is 9.34. The average molecular weight is 518 g/mol. The standard InChI is InChI=1S/C37H31N3/c1-28-12-19-33(20-13-28)39(34-21-14-29(2)15-22-34)35-23-16-30(17-24-35)27-38-40(36-10-4-3-5-11-36)37-25-18-31-8-6-7-9-32(31)26-37/h3-27H,1-2H3/b38-27+. The van der Waals surface area contributed by atoms with Crippen molar-refractivity contribution in [2.24, 2.45) is 5.10 Å². The lowest BCUT2D eigenvalue weighted by molar-refractivity contribution is 1.09. The van der Waals surface area contributed by atoms with Crippen LogP contribution in [0.1, 0.15) is 16.7 Å². The molecule has 0 heterocycles. The van der Waals surface area contributed by atoms with E-state index in [0.717, 1.165) is 34.0 Å². The Kier molecular flexibility index (Phi) is 7.11. The van der Waals surface area contributed by atoms with Crippen molar-refractivity contribution in [3.63, 3.8) is 0 Å². The van der Waals surface area contributed by atoms with Crippen LogP contribution in [0.25, 0.3) is 10.8 Å². The van der Waals surface area contributed by atoms with Gasteiger partial charge in [0, 0.05) is 17.1 Å². The maximum absolute atomic E-state index is 4.95. The summed E-state index contributed by atoms with van der Waals surface area (Å²) in [6.07, 6.45) is 1.92. The molecule has 0 aromatic heterocycles. The lowest BCUT2D eigenvalue weighted by atomic mass is 10.1. The quantitative estimate of drug-likeness (QED) is 0.155. The zero-order valence-electron chi connectivity index (χ0n) is 22.8. The zero-order valence-corrected chi connectivity index (χ0v) is 22.8. The first-order chi connectivity index (χ1) is 19.6. The molecule has 3 heteroatoms. The maximum atomic E-state index is 4.95. The van der Waals surface area contributed by atoms with Crippen LogP contribution >= 0.6 is 0 Å². The molecule has 40 heavy (non-hydrogen) atoms. The van der Waals surface area contributed by atoms with E-state index >= 15 is 0 Å². The number of rotatable bonds is 7. The van der Waals surface area contributed by atoms with Gasteiger partial charge in [0.05, 0.1) is 17.6 Å². The molecule has 0 N–H and O–H groups in total. The Labute approximate surface area is 236 Å². The molecule has 0 aliphatic heterocycles. The Morgan fingerprint density at radius 1 is 0.450 bits per heavy atom. The predicted octanol–water partition coefficient (Wildman–Crippen LogP) is 10.1. The molecule has 6 aromatic carbocycles. The molecule has 0 bridgehead atoms. The first-order valence-corrected chi connectivity index (χ1v) is 13.6. The van der Waals surface area contributed by atoms with Crippen molar-refractivity contribution in [1.82, 2.24) is 0 Å². The maximum Gasteiger partial charge on any atom is 0.0659 e. The van der Waals surface area contributed by atoms with Gasteiger partial charge in [0.2, 0.25) is 0 Å². The Morgan fingerprint density at radius 2 is 0.950 bits per heavy atom. The van der Waals surface area contributed by atoms with Gasteiger partial charge in [-0.1, -0.05) is 96.1 Å². The van der Waals surface area contributed by atoms with Crippen LogP contribution in [0.2, 0.25) is 0 Å². The predicted molar refractivity (Wildman–Crippen MR) is 171 cm³/mol. The van der Waals surface area contributed by atoms with Crippen LogP contribution in [0.4, 0.5) is 28.4 Å². The van der Waals surface area contributed by atoms with Crippen LogP contribution in [0, 0.1) is 13.8 Å². The minimum Gasteiger partial charge on any atom is -0.311 e. The molecule has 0 amide bonds. The van der Waals surface area contributed by atoms with E-state index in [1.807, 2.05) is 29.4 Å². The van der Waals surface area contributed by atoms with Crippen LogP contribution in [0.3, 0.4) is 0 Å². The van der Waals surface area contributed by atoms with Gasteiger partial charge in [-0.05, 0) is 90.8 Å². The second kappa shape index (κ2) is 11.3. The second-order valence-corrected chi connectivity index (χ2v) is 10.0. The van der Waals surface area contributed by atoms with Crippen molar-refractivity contribution in [2.75, 3.05) is 9.91 Å². The van der Waals surface area contributed by atoms with E-state index in [1.54, 1.807) is 0 Å². The van der Waals surface area contributed by atoms with Gasteiger partial charge in [-0.25, -0.2) is 5.01 Å². The summed E-state index contributed by atoms with van der Waals surface area (Å²) in [5.74, 6) is 0. The second-order valence-electron chi connectivity index (χ2n) is 10.0. The van der Waals surface area contributed by atoms with E-state index in [0.29, 0.717) is 0 Å². The van der Waals surface area contributed by atoms with Crippen LogP contribution in [-0.2, 0) is 0 Å². The Bertz CT molecular complexity index is 1690. The molecule has 6 rings (SSSR count). The topological polar surface area (TPSA) is 18.8 Å². The van der Waals surface area contributed by atoms with Crippen molar-refractivity contribution in [2.45, 2.75) is 13.8 Å². The molecular formula is C37H31N3. The number of para-hydroxylation sites is 1. The van der Waals surface area contributed by atoms with Gasteiger partial charge in [-0.3, -0.25) is 0 Å². The van der Waals surface area contributed by atoms with Gasteiger partial charge in [0.15, 0.2) is 0 Å². The molecule has 0 aliphatic rings. The molecule has 194 valence electrons. The lowest BCUT2D eigenvalue weighted by Crippen LogP contribution is -2.10. The molecule has 6 aromatic rings. The minimum atomic E-state index is 1.01. The van der Waals surface area contributed by atoms with Crippen molar-refractivity contribution in [3.8, 4) is 0 Å². The molecule has 0 fully saturated rings. The third-order valence-corrected chi connectivity index (χ3v) is 7.04. The summed E-state index contributed by atoms with van der Waals surface area (Å²) in [6.45, 7) is 4.23. The van der Waals surface area contributed by atoms with E-state index < -0.39 is 0 Å². The molecule has 0 radical (unpaired) electrons. The summed E-state index contributed by atoms with van der Waals surface area (Å²) in [7, 11) is 0. The fourth-order valence-electron chi connectivity index (χ4n) is 4.83. The smallest absolute Gasteiger partial charge is 0.0659 e. The number of fused-ring (bicyclic) bond motifs is 1. The van der Waals surface area contributed by atoms with Crippen molar-refractivity contribution in [1.29, 1.82) is 0 Å². The number of benzene rings is 6. The van der Waals surface area contributed by atoms with Crippen LogP contribution in [0.5, 0.6) is 0 Å². The minimum absolute atomic E-state index is 1.01. The Hall–Kier alpha value is -5.15. The number of anilines is 5. The first-order valence-electron chi connectivity index (χ1n) is 13.6. The lowest BCUT2D eigenvalue weighted by Gasteiger charge is -2.26. The van der Waals surface area contributed by atoms with Gasteiger partial charge in [0.1, 0.15) is 0 Å². The van der Waals surface area contributed by atoms with Crippen LogP contribution in [-0.4, -0.2) is 6.21 Å². The molecule has 0 atom stereocenters. The molecule has 0 spiro atoms. The highest BCUT2D eigenvalue weighted by Gasteiger charge is 2.13. The monoisotopic (exact) mass is 517 g/mol. The molecule has 0 saturated carbocycles. The van der Waals surface area contributed by atoms with E-state index in [9.17, 15) is 0 Å². The highest BCUT2D eigenvalue weighted by atomic mass is 15.5. The largest absolute Gasteiger partial charge is 0.311 e. The number of aryl methyl sites for hydroxylation is 2. The average Bonchev–Trinajstić information content (AvgIpc) is 3.00. The van der Waals surface area contributed by atoms with Gasteiger partial charge in [-0.2, -0.15) is 5.10 Å². The summed E-state index contributed by atoms with van der Waals surface area (Å²) in [5.41, 5.74) is 8.89. The number of hydrogen-bond acceptors (Lipinski definition) is 3. The van der Waals surface area contributed by atoms with E-state index in [1.165, 1.54) is 21.9 Å². The normalized spacial score (nSPS) is 11.2. The summed E-state index contributed by atoms with van der Waals surface area (Å²) >= 11 is 0. The number of hydrazone groups is 1. The van der Waals surface area contributed by atoms with Crippen molar-refractivity contribution >= 4 is 45.4 Å². The molecule has 3 nitrogen and oxygen atoms in total. The molecule has 0 saturated heterocycles. The summed E-state index contributed by atoms with van der Waals surface area (Å²) in [6, 6.07) is 51.0. The number of hydrogen-bond donors (Lipinski definition) is 0. The Morgan fingerprint density at radius 3 is 1.55 bits per heavy atom. The van der Waals surface area contributed by atoms with E-state index in [-0.39, 0.29) is 0 Å². The highest BCUT2D eigenvalue weighted by molar-refractivity contribution is 5.88. The third-order valence-electron chi connectivity index (χ3n) is 7.04. The third kappa shape index (κ3) is 5.50. The fourth-order valence-corrected chi connectivity index (χ4v) is 4.83. The van der Waals surface area contributed by atoms with Gasteiger partial charge >= 0.3 is 0 Å². The molecule has 0 aliphatic carbocycles. The number of nitrogens with zero attached hydrogens (tertiary/aromatic N) is 3. The van der Waals surface area contributed by atoms with Crippen LogP contribution in [0.15, 0.2) is 151 Å². The van der Waals surface area contributed by atoms with E-state index in [4.69, 9.17) is 5.10 Å². The van der Waals surface area contributed by atoms with Crippen molar-refractivity contribution < 1.29 is 0 Å². The highest BCUT2D eigenvalue weighted by Crippen LogP contribution is 2.35. The fraction of sp³-hybridized carbons (Fsp3) is 0.0541. The molecular weight excluding hydrogens is 486 g/mol. The van der Waals surface area contributed by atoms with Gasteiger partial charge in [-0.15, -0.1) is 0 Å². The summed E-state index contributed by atoms with van der Waals surface area (Å²) < 4.78 is 0. The SMILES string of the molecule is Cc1ccc(N(c2ccc(C)cc2)c2ccc(/C=N/N(c3ccccc3)c3ccc4ccccc4c3)cc2)cc1. The van der Waals surface area contributed by atoms with E-state index in [2.05, 4.69) is 146 Å². The van der Waals surface area contributed by atoms with Gasteiger partial charge < -0.3 is 4.90 Å². The van der Waals surface area contributed by atoms with Gasteiger partial charge in [0.25, 0.3) is 0 Å². The first kappa shape index (κ1) is 25.1. The Balaban J connectivity index is 1.33. The van der Waals surface area contributed by atoms with Crippen molar-refractivity contribution in [3.05, 3.63) is 162 Å². The van der Waals surface area contributed by atoms with Crippen LogP contribution < -0.4 is 9.91 Å². The molecule has 0 unspecified atom stereocenters. The zero-order chi connectivity index (χ0) is 27.3. The summed E-state index contributed by atoms with van der Waals surface area (Å²) in [4.78, 5) is 2.28.